The van der Waals surface area contributed by atoms with Gasteiger partial charge in [-0.1, -0.05) is 6.07 Å². The molecule has 1 amide bonds. The minimum absolute atomic E-state index is 0.110. The van der Waals surface area contributed by atoms with Gasteiger partial charge in [0, 0.05) is 5.56 Å². The first-order chi connectivity index (χ1) is 8.58. The van der Waals surface area contributed by atoms with Crippen molar-refractivity contribution in [2.45, 2.75) is 0 Å². The third-order valence-corrected chi connectivity index (χ3v) is 2.31. The van der Waals surface area contributed by atoms with Gasteiger partial charge in [-0.3, -0.25) is 4.79 Å². The highest BCUT2D eigenvalue weighted by Gasteiger charge is 2.13. The summed E-state index contributed by atoms with van der Waals surface area (Å²) in [7, 11) is 0. The summed E-state index contributed by atoms with van der Waals surface area (Å²) < 4.78 is 39.2. The predicted octanol–water partition coefficient (Wildman–Crippen LogP) is 3.36. The zero-order valence-electron chi connectivity index (χ0n) is 9.08. The topological polar surface area (TPSA) is 29.1 Å². The number of hydrogen-bond donors (Lipinski definition) is 1. The van der Waals surface area contributed by atoms with Crippen LogP contribution in [-0.2, 0) is 0 Å². The van der Waals surface area contributed by atoms with Gasteiger partial charge >= 0.3 is 0 Å². The van der Waals surface area contributed by atoms with Crippen LogP contribution in [0.25, 0.3) is 0 Å². The van der Waals surface area contributed by atoms with E-state index in [9.17, 15) is 18.0 Å². The molecule has 92 valence electrons. The Bertz CT molecular complexity index is 561. The number of carbonyl (C=O) groups is 1. The van der Waals surface area contributed by atoms with Crippen molar-refractivity contribution in [3.05, 3.63) is 65.5 Å². The number of hydrogen-bond acceptors (Lipinski definition) is 1. The zero-order valence-corrected chi connectivity index (χ0v) is 9.08. The Morgan fingerprint density at radius 3 is 2.00 bits per heavy atom. The van der Waals surface area contributed by atoms with Gasteiger partial charge in [0.05, 0.1) is 0 Å². The minimum Gasteiger partial charge on any atom is -0.317 e. The van der Waals surface area contributed by atoms with Crippen LogP contribution in [0.4, 0.5) is 18.9 Å². The smallest absolute Gasteiger partial charge is 0.255 e. The summed E-state index contributed by atoms with van der Waals surface area (Å²) >= 11 is 0. The minimum atomic E-state index is -0.870. The second kappa shape index (κ2) is 4.91. The highest BCUT2D eigenvalue weighted by atomic mass is 19.1. The van der Waals surface area contributed by atoms with Gasteiger partial charge in [-0.05, 0) is 36.4 Å². The molecule has 0 atom stereocenters. The van der Waals surface area contributed by atoms with Crippen LogP contribution in [-0.4, -0.2) is 5.91 Å². The highest BCUT2D eigenvalue weighted by molar-refractivity contribution is 6.04. The second-order valence-corrected chi connectivity index (χ2v) is 3.56. The molecule has 0 spiro atoms. The van der Waals surface area contributed by atoms with E-state index in [1.54, 1.807) is 0 Å². The molecule has 0 radical (unpaired) electrons. The van der Waals surface area contributed by atoms with Gasteiger partial charge in [0.2, 0.25) is 0 Å². The van der Waals surface area contributed by atoms with E-state index in [4.69, 9.17) is 0 Å². The molecule has 0 aliphatic carbocycles. The van der Waals surface area contributed by atoms with Crippen molar-refractivity contribution in [2.24, 2.45) is 0 Å². The number of rotatable bonds is 2. The number of benzene rings is 2. The first kappa shape index (κ1) is 12.2. The predicted molar refractivity (Wildman–Crippen MR) is 60.7 cm³/mol. The molecule has 1 N–H and O–H groups in total. The summed E-state index contributed by atoms with van der Waals surface area (Å²) in [5.74, 6) is -2.95. The third-order valence-electron chi connectivity index (χ3n) is 2.31. The van der Waals surface area contributed by atoms with E-state index in [1.807, 2.05) is 0 Å². The van der Waals surface area contributed by atoms with Gasteiger partial charge in [0.25, 0.3) is 5.91 Å². The van der Waals surface area contributed by atoms with Crippen LogP contribution in [0.2, 0.25) is 0 Å². The van der Waals surface area contributed by atoms with Gasteiger partial charge in [-0.25, -0.2) is 13.2 Å². The fourth-order valence-corrected chi connectivity index (χ4v) is 1.40. The third kappa shape index (κ3) is 2.51. The maximum absolute atomic E-state index is 13.3. The molecule has 0 saturated carbocycles. The lowest BCUT2D eigenvalue weighted by Crippen LogP contribution is -2.14. The second-order valence-electron chi connectivity index (χ2n) is 3.56. The summed E-state index contributed by atoms with van der Waals surface area (Å²) in [6, 6.07) is 7.89. The Balaban J connectivity index is 2.24. The molecular weight excluding hydrogens is 243 g/mol. The first-order valence-electron chi connectivity index (χ1n) is 5.09. The van der Waals surface area contributed by atoms with E-state index < -0.39 is 29.0 Å². The maximum atomic E-state index is 13.3. The van der Waals surface area contributed by atoms with E-state index >= 15 is 0 Å². The maximum Gasteiger partial charge on any atom is 0.255 e. The van der Waals surface area contributed by atoms with E-state index in [1.165, 1.54) is 18.2 Å². The molecule has 2 aromatic carbocycles. The molecule has 0 aromatic heterocycles. The number of para-hydroxylation sites is 1. The van der Waals surface area contributed by atoms with Crippen molar-refractivity contribution in [1.82, 2.24) is 0 Å². The van der Waals surface area contributed by atoms with Crippen LogP contribution in [0.1, 0.15) is 10.4 Å². The Morgan fingerprint density at radius 2 is 1.44 bits per heavy atom. The Labute approximate surface area is 101 Å². The normalized spacial score (nSPS) is 10.2. The average Bonchev–Trinajstić information content (AvgIpc) is 2.34. The molecule has 18 heavy (non-hydrogen) atoms. The SMILES string of the molecule is O=C(Nc1c(F)cccc1F)c1ccc(F)cc1. The van der Waals surface area contributed by atoms with E-state index in [0.717, 1.165) is 24.3 Å². The van der Waals surface area contributed by atoms with Crippen LogP contribution >= 0.6 is 0 Å². The first-order valence-corrected chi connectivity index (χ1v) is 5.09. The van der Waals surface area contributed by atoms with Crippen LogP contribution in [0.5, 0.6) is 0 Å². The standard InChI is InChI=1S/C13H8F3NO/c14-9-6-4-8(5-7-9)13(18)17-12-10(15)2-1-3-11(12)16/h1-7H,(H,17,18). The van der Waals surface area contributed by atoms with Crippen LogP contribution in [0.3, 0.4) is 0 Å². The van der Waals surface area contributed by atoms with Crippen LogP contribution in [0.15, 0.2) is 42.5 Å². The summed E-state index contributed by atoms with van der Waals surface area (Å²) in [6.45, 7) is 0. The van der Waals surface area contributed by atoms with Crippen LogP contribution in [0, 0.1) is 17.5 Å². The molecule has 0 aliphatic rings. The number of amides is 1. The molecule has 0 fully saturated rings. The number of carbonyl (C=O) groups excluding carboxylic acids is 1. The summed E-state index contributed by atoms with van der Waals surface area (Å²) in [4.78, 5) is 11.7. The number of halogens is 3. The monoisotopic (exact) mass is 251 g/mol. The van der Waals surface area contributed by atoms with E-state index in [2.05, 4.69) is 5.32 Å². The quantitative estimate of drug-likeness (QED) is 0.871. The highest BCUT2D eigenvalue weighted by Crippen LogP contribution is 2.18. The van der Waals surface area contributed by atoms with E-state index in [-0.39, 0.29) is 5.56 Å². The van der Waals surface area contributed by atoms with Crippen LogP contribution < -0.4 is 5.32 Å². The molecule has 0 saturated heterocycles. The fourth-order valence-electron chi connectivity index (χ4n) is 1.40. The lowest BCUT2D eigenvalue weighted by atomic mass is 10.2. The summed E-state index contributed by atoms with van der Waals surface area (Å²) in [5.41, 5.74) is -0.411. The van der Waals surface area contributed by atoms with Crippen molar-refractivity contribution >= 4 is 11.6 Å². The molecule has 5 heteroatoms. The van der Waals surface area contributed by atoms with Gasteiger partial charge in [0.15, 0.2) is 0 Å². The molecule has 2 aromatic rings. The van der Waals surface area contributed by atoms with Crippen molar-refractivity contribution in [1.29, 1.82) is 0 Å². The number of anilines is 1. The molecule has 0 heterocycles. The van der Waals surface area contributed by atoms with Crippen molar-refractivity contribution < 1.29 is 18.0 Å². The molecule has 0 unspecified atom stereocenters. The molecule has 2 rings (SSSR count). The lowest BCUT2D eigenvalue weighted by Gasteiger charge is -2.07. The van der Waals surface area contributed by atoms with Crippen molar-refractivity contribution in [3.63, 3.8) is 0 Å². The largest absolute Gasteiger partial charge is 0.317 e. The van der Waals surface area contributed by atoms with Crippen molar-refractivity contribution in [3.8, 4) is 0 Å². The van der Waals surface area contributed by atoms with Gasteiger partial charge < -0.3 is 5.32 Å². The van der Waals surface area contributed by atoms with Crippen molar-refractivity contribution in [2.75, 3.05) is 5.32 Å². The molecular formula is C13H8F3NO. The molecule has 0 aliphatic heterocycles. The summed E-state index contributed by atoms with van der Waals surface area (Å²) in [5, 5.41) is 2.10. The zero-order chi connectivity index (χ0) is 13.1. The fraction of sp³-hybridized carbons (Fsp3) is 0. The van der Waals surface area contributed by atoms with Gasteiger partial charge in [-0.15, -0.1) is 0 Å². The lowest BCUT2D eigenvalue weighted by molar-refractivity contribution is 0.102. The van der Waals surface area contributed by atoms with Gasteiger partial charge in [-0.2, -0.15) is 0 Å². The Kier molecular flexibility index (Phi) is 3.32. The summed E-state index contributed by atoms with van der Waals surface area (Å²) in [6.07, 6.45) is 0. The Morgan fingerprint density at radius 1 is 0.889 bits per heavy atom. The average molecular weight is 251 g/mol. The molecule has 0 bridgehead atoms. The molecule has 2 nitrogen and oxygen atoms in total. The van der Waals surface area contributed by atoms with Gasteiger partial charge in [0.1, 0.15) is 23.1 Å². The Hall–Kier alpha value is -2.30. The number of nitrogens with one attached hydrogen (secondary N) is 1. The van der Waals surface area contributed by atoms with E-state index in [0.29, 0.717) is 0 Å².